The van der Waals surface area contributed by atoms with Crippen LogP contribution >= 0.6 is 0 Å². The van der Waals surface area contributed by atoms with Gasteiger partial charge in [-0.1, -0.05) is 30.3 Å². The number of pyridine rings is 1. The molecule has 92 valence electrons. The van der Waals surface area contributed by atoms with Gasteiger partial charge in [0.25, 0.3) is 0 Å². The second kappa shape index (κ2) is 5.82. The van der Waals surface area contributed by atoms with Gasteiger partial charge in [0, 0.05) is 6.20 Å². The van der Waals surface area contributed by atoms with Crippen LogP contribution in [0.3, 0.4) is 0 Å². The first kappa shape index (κ1) is 12.1. The van der Waals surface area contributed by atoms with E-state index < -0.39 is 5.97 Å². The van der Waals surface area contributed by atoms with Crippen LogP contribution in [-0.4, -0.2) is 16.1 Å². The summed E-state index contributed by atoms with van der Waals surface area (Å²) in [5, 5.41) is 8.78. The first-order chi connectivity index (χ1) is 8.75. The van der Waals surface area contributed by atoms with Gasteiger partial charge in [0.05, 0.1) is 12.1 Å². The summed E-state index contributed by atoms with van der Waals surface area (Å²) in [7, 11) is 0. The maximum atomic E-state index is 10.7. The highest BCUT2D eigenvalue weighted by Gasteiger charge is 2.08. The van der Waals surface area contributed by atoms with Crippen molar-refractivity contribution in [1.82, 2.24) is 4.98 Å². The number of aliphatic carboxylic acids is 1. The van der Waals surface area contributed by atoms with E-state index in [4.69, 9.17) is 9.84 Å². The molecule has 0 unspecified atom stereocenters. The molecule has 0 aliphatic heterocycles. The number of hydrogen-bond acceptors (Lipinski definition) is 3. The highest BCUT2D eigenvalue weighted by atomic mass is 16.5. The van der Waals surface area contributed by atoms with Gasteiger partial charge in [-0.3, -0.25) is 9.78 Å². The Morgan fingerprint density at radius 2 is 1.94 bits per heavy atom. The second-order valence-electron chi connectivity index (χ2n) is 3.79. The lowest BCUT2D eigenvalue weighted by Crippen LogP contribution is -2.06. The Morgan fingerprint density at radius 1 is 1.17 bits per heavy atom. The summed E-state index contributed by atoms with van der Waals surface area (Å²) in [6.07, 6.45) is 1.43. The molecule has 0 saturated heterocycles. The van der Waals surface area contributed by atoms with Crippen LogP contribution in [-0.2, 0) is 17.8 Å². The normalized spacial score (nSPS) is 10.0. The van der Waals surface area contributed by atoms with Crippen molar-refractivity contribution < 1.29 is 14.6 Å². The summed E-state index contributed by atoms with van der Waals surface area (Å²) < 4.78 is 5.60. The zero-order chi connectivity index (χ0) is 12.8. The lowest BCUT2D eigenvalue weighted by atomic mass is 10.2. The standard InChI is InChI=1S/C14H13NO3/c16-14(17)9-12-13(7-4-8-15-12)18-10-11-5-2-1-3-6-11/h1-8H,9-10H2,(H,16,17). The van der Waals surface area contributed by atoms with Gasteiger partial charge in [0.1, 0.15) is 12.4 Å². The molecular formula is C14H13NO3. The lowest BCUT2D eigenvalue weighted by molar-refractivity contribution is -0.136. The molecule has 0 amide bonds. The largest absolute Gasteiger partial charge is 0.487 e. The molecule has 1 N–H and O–H groups in total. The molecule has 0 fully saturated rings. The minimum Gasteiger partial charge on any atom is -0.487 e. The van der Waals surface area contributed by atoms with Gasteiger partial charge in [-0.25, -0.2) is 0 Å². The number of carboxylic acid groups (broad SMARTS) is 1. The number of carbonyl (C=O) groups is 1. The fourth-order valence-corrected chi connectivity index (χ4v) is 1.57. The highest BCUT2D eigenvalue weighted by Crippen LogP contribution is 2.17. The number of benzene rings is 1. The van der Waals surface area contributed by atoms with Crippen molar-refractivity contribution in [3.05, 3.63) is 59.9 Å². The molecule has 2 aromatic rings. The fourth-order valence-electron chi connectivity index (χ4n) is 1.57. The summed E-state index contributed by atoms with van der Waals surface area (Å²) in [6.45, 7) is 0.402. The van der Waals surface area contributed by atoms with Gasteiger partial charge < -0.3 is 9.84 Å². The van der Waals surface area contributed by atoms with E-state index in [0.717, 1.165) is 5.56 Å². The van der Waals surface area contributed by atoms with E-state index in [1.165, 1.54) is 0 Å². The van der Waals surface area contributed by atoms with Crippen LogP contribution in [0, 0.1) is 0 Å². The fraction of sp³-hybridized carbons (Fsp3) is 0.143. The maximum Gasteiger partial charge on any atom is 0.309 e. The molecule has 0 spiro atoms. The van der Waals surface area contributed by atoms with Crippen molar-refractivity contribution in [2.45, 2.75) is 13.0 Å². The average Bonchev–Trinajstić information content (AvgIpc) is 2.38. The van der Waals surface area contributed by atoms with E-state index in [2.05, 4.69) is 4.98 Å². The number of aromatic nitrogens is 1. The zero-order valence-corrected chi connectivity index (χ0v) is 9.74. The van der Waals surface area contributed by atoms with Crippen molar-refractivity contribution in [2.24, 2.45) is 0 Å². The summed E-state index contributed by atoms with van der Waals surface area (Å²) >= 11 is 0. The van der Waals surface area contributed by atoms with Crippen LogP contribution in [0.15, 0.2) is 48.7 Å². The van der Waals surface area contributed by atoms with Crippen molar-refractivity contribution in [2.75, 3.05) is 0 Å². The molecule has 0 saturated carbocycles. The van der Waals surface area contributed by atoms with Crippen molar-refractivity contribution >= 4 is 5.97 Å². The molecule has 2 rings (SSSR count). The molecule has 1 aromatic carbocycles. The number of rotatable bonds is 5. The summed E-state index contributed by atoms with van der Waals surface area (Å²) in [5.74, 6) is -0.401. The molecule has 1 aromatic heterocycles. The first-order valence-electron chi connectivity index (χ1n) is 5.58. The SMILES string of the molecule is O=C(O)Cc1ncccc1OCc1ccccc1. The Kier molecular flexibility index (Phi) is 3.91. The molecule has 1 heterocycles. The molecule has 0 aliphatic carbocycles. The third kappa shape index (κ3) is 3.31. The molecule has 0 atom stereocenters. The van der Waals surface area contributed by atoms with E-state index in [1.807, 2.05) is 30.3 Å². The predicted molar refractivity (Wildman–Crippen MR) is 66.4 cm³/mol. The Bertz CT molecular complexity index is 526. The molecule has 0 bridgehead atoms. The molecule has 0 radical (unpaired) electrons. The van der Waals surface area contributed by atoms with Gasteiger partial charge in [-0.15, -0.1) is 0 Å². The first-order valence-corrected chi connectivity index (χ1v) is 5.58. The topological polar surface area (TPSA) is 59.4 Å². The molecular weight excluding hydrogens is 230 g/mol. The van der Waals surface area contributed by atoms with E-state index >= 15 is 0 Å². The average molecular weight is 243 g/mol. The predicted octanol–water partition coefficient (Wildman–Crippen LogP) is 2.29. The zero-order valence-electron chi connectivity index (χ0n) is 9.74. The number of hydrogen-bond donors (Lipinski definition) is 1. The van der Waals surface area contributed by atoms with Crippen molar-refractivity contribution in [1.29, 1.82) is 0 Å². The van der Waals surface area contributed by atoms with Crippen LogP contribution in [0.2, 0.25) is 0 Å². The minimum absolute atomic E-state index is 0.134. The van der Waals surface area contributed by atoms with Crippen molar-refractivity contribution in [3.63, 3.8) is 0 Å². The second-order valence-corrected chi connectivity index (χ2v) is 3.79. The van der Waals surface area contributed by atoms with Crippen LogP contribution < -0.4 is 4.74 Å². The number of carboxylic acids is 1. The van der Waals surface area contributed by atoms with Crippen LogP contribution in [0.25, 0.3) is 0 Å². The van der Waals surface area contributed by atoms with Crippen LogP contribution in [0.4, 0.5) is 0 Å². The lowest BCUT2D eigenvalue weighted by Gasteiger charge is -2.09. The van der Waals surface area contributed by atoms with E-state index in [9.17, 15) is 4.79 Å². The maximum absolute atomic E-state index is 10.7. The minimum atomic E-state index is -0.918. The summed E-state index contributed by atoms with van der Waals surface area (Å²) in [4.78, 5) is 14.7. The summed E-state index contributed by atoms with van der Waals surface area (Å²) in [5.41, 5.74) is 1.48. The van der Waals surface area contributed by atoms with Gasteiger partial charge >= 0.3 is 5.97 Å². The Hall–Kier alpha value is -2.36. The number of ether oxygens (including phenoxy) is 1. The Balaban J connectivity index is 2.07. The number of nitrogens with zero attached hydrogens (tertiary/aromatic N) is 1. The molecule has 18 heavy (non-hydrogen) atoms. The van der Waals surface area contributed by atoms with E-state index in [0.29, 0.717) is 18.1 Å². The smallest absolute Gasteiger partial charge is 0.309 e. The molecule has 4 nitrogen and oxygen atoms in total. The van der Waals surface area contributed by atoms with E-state index in [1.54, 1.807) is 18.3 Å². The quantitative estimate of drug-likeness (QED) is 0.875. The molecule has 4 heteroatoms. The molecule has 0 aliphatic rings. The van der Waals surface area contributed by atoms with Crippen LogP contribution in [0.1, 0.15) is 11.3 Å². The van der Waals surface area contributed by atoms with Gasteiger partial charge in [-0.05, 0) is 17.7 Å². The Morgan fingerprint density at radius 3 is 2.67 bits per heavy atom. The third-order valence-electron chi connectivity index (χ3n) is 2.40. The van der Waals surface area contributed by atoms with Gasteiger partial charge in [0.15, 0.2) is 0 Å². The van der Waals surface area contributed by atoms with Gasteiger partial charge in [-0.2, -0.15) is 0 Å². The third-order valence-corrected chi connectivity index (χ3v) is 2.40. The van der Waals surface area contributed by atoms with Gasteiger partial charge in [0.2, 0.25) is 0 Å². The Labute approximate surface area is 105 Å². The van der Waals surface area contributed by atoms with Crippen LogP contribution in [0.5, 0.6) is 5.75 Å². The van der Waals surface area contributed by atoms with E-state index in [-0.39, 0.29) is 6.42 Å². The monoisotopic (exact) mass is 243 g/mol. The highest BCUT2D eigenvalue weighted by molar-refractivity contribution is 5.70. The van der Waals surface area contributed by atoms with Crippen molar-refractivity contribution in [3.8, 4) is 5.75 Å². The summed E-state index contributed by atoms with van der Waals surface area (Å²) in [6, 6.07) is 13.2.